The van der Waals surface area contributed by atoms with Crippen LogP contribution in [0.25, 0.3) is 5.52 Å². The van der Waals surface area contributed by atoms with Crippen LogP contribution in [0, 0.1) is 0 Å². The molecule has 1 aliphatic heterocycles. The number of fused-ring (bicyclic) bond motifs is 1. The normalized spacial score (nSPS) is 20.6. The molecule has 0 bridgehead atoms. The molecule has 2 aromatic rings. The molecule has 17 heavy (non-hydrogen) atoms. The summed E-state index contributed by atoms with van der Waals surface area (Å²) in [5.41, 5.74) is 0.951. The maximum atomic E-state index is 11.8. The second-order valence-electron chi connectivity index (χ2n) is 4.12. The minimum absolute atomic E-state index is 0.202. The first-order chi connectivity index (χ1) is 8.25. The third kappa shape index (κ3) is 1.60. The number of piperidine rings is 1. The van der Waals surface area contributed by atoms with E-state index in [1.54, 1.807) is 6.20 Å². The number of pyridine rings is 1. The Hall–Kier alpha value is -2.17. The number of imidazole rings is 1. The second-order valence-corrected chi connectivity index (χ2v) is 4.12. The summed E-state index contributed by atoms with van der Waals surface area (Å²) in [5.74, 6) is -0.0899. The molecule has 0 radical (unpaired) electrons. The van der Waals surface area contributed by atoms with Gasteiger partial charge in [0, 0.05) is 12.6 Å². The number of carbonyl (C=O) groups is 2. The molecule has 1 atom stereocenters. The Morgan fingerprint density at radius 2 is 2.24 bits per heavy atom. The topological polar surface area (TPSA) is 63.5 Å². The van der Waals surface area contributed by atoms with E-state index in [0.717, 1.165) is 5.52 Å². The van der Waals surface area contributed by atoms with Crippen molar-refractivity contribution in [2.24, 2.45) is 0 Å². The summed E-state index contributed by atoms with van der Waals surface area (Å²) in [6.45, 7) is 0. The highest BCUT2D eigenvalue weighted by Crippen LogP contribution is 2.24. The van der Waals surface area contributed by atoms with Gasteiger partial charge in [-0.25, -0.2) is 4.98 Å². The number of rotatable bonds is 1. The van der Waals surface area contributed by atoms with Crippen LogP contribution in [-0.2, 0) is 9.59 Å². The largest absolute Gasteiger partial charge is 0.303 e. The van der Waals surface area contributed by atoms with Crippen molar-refractivity contribution in [3.63, 3.8) is 0 Å². The zero-order valence-electron chi connectivity index (χ0n) is 9.09. The molecule has 3 rings (SSSR count). The van der Waals surface area contributed by atoms with Crippen molar-refractivity contribution in [3.05, 3.63) is 36.4 Å². The minimum atomic E-state index is -0.336. The molecule has 0 spiro atoms. The van der Waals surface area contributed by atoms with Crippen LogP contribution in [0.2, 0.25) is 0 Å². The van der Waals surface area contributed by atoms with Crippen LogP contribution in [0.15, 0.2) is 30.6 Å². The third-order valence-electron chi connectivity index (χ3n) is 3.02. The third-order valence-corrected chi connectivity index (χ3v) is 3.02. The Morgan fingerprint density at radius 3 is 3.06 bits per heavy atom. The summed E-state index contributed by atoms with van der Waals surface area (Å²) < 4.78 is 1.89. The summed E-state index contributed by atoms with van der Waals surface area (Å²) in [4.78, 5) is 27.1. The zero-order valence-corrected chi connectivity index (χ0v) is 9.09. The molecule has 0 aliphatic carbocycles. The fourth-order valence-corrected chi connectivity index (χ4v) is 2.16. The number of hydrogen-bond donors (Lipinski definition) is 1. The molecular formula is C12H11N3O2. The SMILES string of the molecule is O=C1CCC(c2ncc3ccccn23)C(=O)N1. The molecule has 2 amide bonds. The first-order valence-electron chi connectivity index (χ1n) is 5.51. The monoisotopic (exact) mass is 229 g/mol. The van der Waals surface area contributed by atoms with E-state index in [-0.39, 0.29) is 17.7 Å². The molecule has 1 fully saturated rings. The Kier molecular flexibility index (Phi) is 2.18. The van der Waals surface area contributed by atoms with Crippen molar-refractivity contribution in [1.29, 1.82) is 0 Å². The van der Waals surface area contributed by atoms with Crippen LogP contribution in [0.3, 0.4) is 0 Å². The van der Waals surface area contributed by atoms with Gasteiger partial charge in [-0.15, -0.1) is 0 Å². The number of hydrogen-bond acceptors (Lipinski definition) is 3. The molecule has 0 aromatic carbocycles. The molecule has 5 heteroatoms. The number of nitrogens with one attached hydrogen (secondary N) is 1. The van der Waals surface area contributed by atoms with Crippen molar-refractivity contribution in [2.75, 3.05) is 0 Å². The summed E-state index contributed by atoms with van der Waals surface area (Å²) in [6, 6.07) is 5.75. The van der Waals surface area contributed by atoms with Gasteiger partial charge in [0.2, 0.25) is 11.8 Å². The number of aromatic nitrogens is 2. The Morgan fingerprint density at radius 1 is 1.35 bits per heavy atom. The molecule has 1 unspecified atom stereocenters. The lowest BCUT2D eigenvalue weighted by Crippen LogP contribution is -2.40. The maximum absolute atomic E-state index is 11.8. The summed E-state index contributed by atoms with van der Waals surface area (Å²) in [5, 5.41) is 2.35. The van der Waals surface area contributed by atoms with Crippen molar-refractivity contribution >= 4 is 17.3 Å². The first kappa shape index (κ1) is 10.0. The molecule has 5 nitrogen and oxygen atoms in total. The molecular weight excluding hydrogens is 218 g/mol. The summed E-state index contributed by atoms with van der Waals surface area (Å²) in [6.07, 6.45) is 4.51. The van der Waals surface area contributed by atoms with Gasteiger partial charge in [0.15, 0.2) is 0 Å². The van der Waals surface area contributed by atoms with E-state index >= 15 is 0 Å². The van der Waals surface area contributed by atoms with Crippen molar-refractivity contribution in [3.8, 4) is 0 Å². The van der Waals surface area contributed by atoms with Crippen LogP contribution >= 0.6 is 0 Å². The lowest BCUT2D eigenvalue weighted by atomic mass is 9.97. The van der Waals surface area contributed by atoms with Gasteiger partial charge in [0.25, 0.3) is 0 Å². The average Bonchev–Trinajstić information content (AvgIpc) is 2.73. The van der Waals surface area contributed by atoms with E-state index in [4.69, 9.17) is 0 Å². The van der Waals surface area contributed by atoms with Gasteiger partial charge < -0.3 is 4.40 Å². The van der Waals surface area contributed by atoms with Gasteiger partial charge >= 0.3 is 0 Å². The fourth-order valence-electron chi connectivity index (χ4n) is 2.16. The van der Waals surface area contributed by atoms with Crippen LogP contribution in [0.4, 0.5) is 0 Å². The average molecular weight is 229 g/mol. The highest BCUT2D eigenvalue weighted by atomic mass is 16.2. The zero-order chi connectivity index (χ0) is 11.8. The quantitative estimate of drug-likeness (QED) is 0.737. The van der Waals surface area contributed by atoms with E-state index in [9.17, 15) is 9.59 Å². The van der Waals surface area contributed by atoms with Gasteiger partial charge in [0.05, 0.1) is 17.6 Å². The van der Waals surface area contributed by atoms with E-state index < -0.39 is 0 Å². The van der Waals surface area contributed by atoms with Crippen LogP contribution in [-0.4, -0.2) is 21.2 Å². The maximum Gasteiger partial charge on any atom is 0.237 e. The van der Waals surface area contributed by atoms with E-state index in [1.807, 2.05) is 28.8 Å². The number of nitrogens with zero attached hydrogens (tertiary/aromatic N) is 2. The standard InChI is InChI=1S/C12H11N3O2/c16-10-5-4-9(12(17)14-10)11-13-7-8-3-1-2-6-15(8)11/h1-3,6-7,9H,4-5H2,(H,14,16,17). The summed E-state index contributed by atoms with van der Waals surface area (Å²) in [7, 11) is 0. The minimum Gasteiger partial charge on any atom is -0.303 e. The molecule has 86 valence electrons. The number of imide groups is 1. The van der Waals surface area contributed by atoms with Crippen molar-refractivity contribution in [1.82, 2.24) is 14.7 Å². The second kappa shape index (κ2) is 3.69. The van der Waals surface area contributed by atoms with Gasteiger partial charge in [-0.05, 0) is 18.6 Å². The predicted octanol–water partition coefficient (Wildman–Crippen LogP) is 0.854. The summed E-state index contributed by atoms with van der Waals surface area (Å²) >= 11 is 0. The highest BCUT2D eigenvalue weighted by Gasteiger charge is 2.30. The van der Waals surface area contributed by atoms with Crippen LogP contribution in [0.5, 0.6) is 0 Å². The Labute approximate surface area is 97.5 Å². The van der Waals surface area contributed by atoms with Crippen LogP contribution in [0.1, 0.15) is 24.6 Å². The Balaban J connectivity index is 2.04. The molecule has 2 aromatic heterocycles. The highest BCUT2D eigenvalue weighted by molar-refractivity contribution is 6.00. The fraction of sp³-hybridized carbons (Fsp3) is 0.250. The predicted molar refractivity (Wildman–Crippen MR) is 60.3 cm³/mol. The molecule has 3 heterocycles. The molecule has 0 saturated carbocycles. The van der Waals surface area contributed by atoms with Gasteiger partial charge in [0.1, 0.15) is 5.82 Å². The van der Waals surface area contributed by atoms with E-state index in [1.165, 1.54) is 0 Å². The number of carbonyl (C=O) groups excluding carboxylic acids is 2. The van der Waals surface area contributed by atoms with Crippen molar-refractivity contribution in [2.45, 2.75) is 18.8 Å². The number of amides is 2. The smallest absolute Gasteiger partial charge is 0.237 e. The van der Waals surface area contributed by atoms with Crippen molar-refractivity contribution < 1.29 is 9.59 Å². The molecule has 1 saturated heterocycles. The van der Waals surface area contributed by atoms with Gasteiger partial charge in [-0.2, -0.15) is 0 Å². The molecule has 1 aliphatic rings. The van der Waals surface area contributed by atoms with Crippen LogP contribution < -0.4 is 5.32 Å². The van der Waals surface area contributed by atoms with E-state index in [0.29, 0.717) is 18.7 Å². The van der Waals surface area contributed by atoms with Gasteiger partial charge in [-0.1, -0.05) is 6.07 Å². The van der Waals surface area contributed by atoms with E-state index in [2.05, 4.69) is 10.3 Å². The lowest BCUT2D eigenvalue weighted by molar-refractivity contribution is -0.134. The molecule has 1 N–H and O–H groups in total. The first-order valence-corrected chi connectivity index (χ1v) is 5.51. The lowest BCUT2D eigenvalue weighted by Gasteiger charge is -2.19. The Bertz CT molecular complexity index is 603. The van der Waals surface area contributed by atoms with Gasteiger partial charge in [-0.3, -0.25) is 14.9 Å².